The smallest absolute Gasteiger partial charge is 0.217 e. The minimum Gasteiger partial charge on any atom is -0.386 e. The van der Waals surface area contributed by atoms with Crippen LogP contribution in [0.5, 0.6) is 0 Å². The monoisotopic (exact) mass is 332 g/mol. The molecule has 2 rings (SSSR count). The standard InChI is InChI=1S/C20H32N2O2/c1-14-5-7-18(8-6-14)20(24)19(21-17(4)23)13-22-10-9-15(2)11-16(3)12-22/h5-8,15-16,19-20,24H,9-13H2,1-4H3,(H,21,23). The first-order valence-electron chi connectivity index (χ1n) is 9.09. The van der Waals surface area contributed by atoms with E-state index in [0.717, 1.165) is 30.1 Å². The van der Waals surface area contributed by atoms with Crippen molar-refractivity contribution in [3.63, 3.8) is 0 Å². The average molecular weight is 332 g/mol. The summed E-state index contributed by atoms with van der Waals surface area (Å²) in [5.74, 6) is 1.30. The Morgan fingerprint density at radius 2 is 1.96 bits per heavy atom. The molecule has 2 N–H and O–H groups in total. The van der Waals surface area contributed by atoms with E-state index in [0.29, 0.717) is 12.5 Å². The predicted molar refractivity (Wildman–Crippen MR) is 97.7 cm³/mol. The van der Waals surface area contributed by atoms with E-state index in [4.69, 9.17) is 0 Å². The summed E-state index contributed by atoms with van der Waals surface area (Å²) >= 11 is 0. The fourth-order valence-electron chi connectivity index (χ4n) is 3.74. The van der Waals surface area contributed by atoms with Crippen molar-refractivity contribution in [1.29, 1.82) is 0 Å². The normalized spacial score (nSPS) is 24.9. The minimum atomic E-state index is -0.689. The van der Waals surface area contributed by atoms with Gasteiger partial charge in [-0.3, -0.25) is 4.79 Å². The van der Waals surface area contributed by atoms with Crippen LogP contribution in [-0.4, -0.2) is 41.6 Å². The number of amides is 1. The fourth-order valence-corrected chi connectivity index (χ4v) is 3.74. The lowest BCUT2D eigenvalue weighted by Gasteiger charge is -2.31. The van der Waals surface area contributed by atoms with Gasteiger partial charge in [0, 0.05) is 20.0 Å². The predicted octanol–water partition coefficient (Wildman–Crippen LogP) is 2.90. The van der Waals surface area contributed by atoms with E-state index in [1.807, 2.05) is 31.2 Å². The molecule has 1 amide bonds. The number of hydrogen-bond donors (Lipinski definition) is 2. The number of rotatable bonds is 5. The molecule has 0 aromatic heterocycles. The Morgan fingerprint density at radius 1 is 1.29 bits per heavy atom. The highest BCUT2D eigenvalue weighted by molar-refractivity contribution is 5.73. The van der Waals surface area contributed by atoms with Crippen LogP contribution in [0.15, 0.2) is 24.3 Å². The molecule has 24 heavy (non-hydrogen) atoms. The Bertz CT molecular complexity index is 529. The number of carbonyl (C=O) groups excluding carboxylic acids is 1. The second-order valence-electron chi connectivity index (χ2n) is 7.66. The third-order valence-electron chi connectivity index (χ3n) is 4.96. The Morgan fingerprint density at radius 3 is 2.58 bits per heavy atom. The van der Waals surface area contributed by atoms with E-state index in [-0.39, 0.29) is 11.9 Å². The number of benzene rings is 1. The number of carbonyl (C=O) groups is 1. The molecule has 4 atom stereocenters. The summed E-state index contributed by atoms with van der Waals surface area (Å²) in [6.45, 7) is 10.9. The van der Waals surface area contributed by atoms with Crippen LogP contribution in [0.4, 0.5) is 0 Å². The molecule has 1 aliphatic heterocycles. The van der Waals surface area contributed by atoms with Gasteiger partial charge in [0.1, 0.15) is 6.10 Å². The van der Waals surface area contributed by atoms with Gasteiger partial charge in [-0.25, -0.2) is 0 Å². The summed E-state index contributed by atoms with van der Waals surface area (Å²) in [5, 5.41) is 13.8. The van der Waals surface area contributed by atoms with Crippen LogP contribution in [0.3, 0.4) is 0 Å². The Labute approximate surface area is 146 Å². The van der Waals surface area contributed by atoms with Crippen molar-refractivity contribution in [1.82, 2.24) is 10.2 Å². The number of aliphatic hydroxyl groups is 1. The molecule has 1 fully saturated rings. The maximum atomic E-state index is 11.6. The maximum Gasteiger partial charge on any atom is 0.217 e. The van der Waals surface area contributed by atoms with E-state index in [1.54, 1.807) is 0 Å². The average Bonchev–Trinajstić information content (AvgIpc) is 2.66. The van der Waals surface area contributed by atoms with Crippen molar-refractivity contribution in [2.75, 3.05) is 19.6 Å². The van der Waals surface area contributed by atoms with Crippen LogP contribution in [0.25, 0.3) is 0 Å². The van der Waals surface area contributed by atoms with Gasteiger partial charge in [-0.15, -0.1) is 0 Å². The summed E-state index contributed by atoms with van der Waals surface area (Å²) < 4.78 is 0. The molecule has 4 nitrogen and oxygen atoms in total. The maximum absolute atomic E-state index is 11.6. The topological polar surface area (TPSA) is 52.6 Å². The molecule has 0 spiro atoms. The van der Waals surface area contributed by atoms with Gasteiger partial charge in [0.05, 0.1) is 6.04 Å². The Kier molecular flexibility index (Phi) is 6.81. The number of nitrogens with zero attached hydrogens (tertiary/aromatic N) is 1. The van der Waals surface area contributed by atoms with Gasteiger partial charge in [-0.2, -0.15) is 0 Å². The van der Waals surface area contributed by atoms with Gasteiger partial charge in [0.25, 0.3) is 0 Å². The van der Waals surface area contributed by atoms with Gasteiger partial charge in [0.2, 0.25) is 5.91 Å². The number of likely N-dealkylation sites (tertiary alicyclic amines) is 1. The highest BCUT2D eigenvalue weighted by Crippen LogP contribution is 2.23. The second-order valence-corrected chi connectivity index (χ2v) is 7.66. The molecule has 4 unspecified atom stereocenters. The summed E-state index contributed by atoms with van der Waals surface area (Å²) in [6, 6.07) is 7.60. The van der Waals surface area contributed by atoms with Gasteiger partial charge >= 0.3 is 0 Å². The molecule has 0 saturated carbocycles. The molecule has 1 aromatic carbocycles. The first-order chi connectivity index (χ1) is 11.3. The van der Waals surface area contributed by atoms with Gasteiger partial charge in [0.15, 0.2) is 0 Å². The van der Waals surface area contributed by atoms with Crippen LogP contribution < -0.4 is 5.32 Å². The molecule has 1 saturated heterocycles. The SMILES string of the molecule is CC(=O)NC(CN1CCC(C)CC(C)C1)C(O)c1ccc(C)cc1. The van der Waals surface area contributed by atoms with E-state index in [2.05, 4.69) is 24.1 Å². The summed E-state index contributed by atoms with van der Waals surface area (Å²) in [7, 11) is 0. The lowest BCUT2D eigenvalue weighted by Crippen LogP contribution is -2.47. The summed E-state index contributed by atoms with van der Waals surface area (Å²) in [4.78, 5) is 14.0. The number of nitrogens with one attached hydrogen (secondary N) is 1. The third kappa shape index (κ3) is 5.60. The van der Waals surface area contributed by atoms with Gasteiger partial charge in [-0.05, 0) is 43.7 Å². The second kappa shape index (κ2) is 8.63. The van der Waals surface area contributed by atoms with E-state index in [1.165, 1.54) is 19.8 Å². The zero-order valence-corrected chi connectivity index (χ0v) is 15.5. The number of aryl methyl sites for hydroxylation is 1. The molecule has 1 aliphatic rings. The molecule has 1 aromatic rings. The number of aliphatic hydroxyl groups excluding tert-OH is 1. The Hall–Kier alpha value is -1.39. The zero-order chi connectivity index (χ0) is 17.7. The van der Waals surface area contributed by atoms with Gasteiger partial charge in [-0.1, -0.05) is 43.7 Å². The first kappa shape index (κ1) is 18.9. The van der Waals surface area contributed by atoms with Crippen LogP contribution >= 0.6 is 0 Å². The van der Waals surface area contributed by atoms with Crippen LogP contribution in [0, 0.1) is 18.8 Å². The quantitative estimate of drug-likeness (QED) is 0.872. The molecule has 0 radical (unpaired) electrons. The van der Waals surface area contributed by atoms with Crippen LogP contribution in [-0.2, 0) is 4.79 Å². The summed E-state index contributed by atoms with van der Waals surface area (Å²) in [5.41, 5.74) is 2.02. The molecular formula is C20H32N2O2. The molecule has 0 bridgehead atoms. The van der Waals surface area contributed by atoms with E-state index >= 15 is 0 Å². The zero-order valence-electron chi connectivity index (χ0n) is 15.5. The lowest BCUT2D eigenvalue weighted by molar-refractivity contribution is -0.120. The number of hydrogen-bond acceptors (Lipinski definition) is 3. The van der Waals surface area contributed by atoms with Crippen molar-refractivity contribution in [2.45, 2.75) is 52.7 Å². The highest BCUT2D eigenvalue weighted by Gasteiger charge is 2.27. The van der Waals surface area contributed by atoms with E-state index < -0.39 is 6.10 Å². The molecular weight excluding hydrogens is 300 g/mol. The highest BCUT2D eigenvalue weighted by atomic mass is 16.3. The van der Waals surface area contributed by atoms with Crippen molar-refractivity contribution in [3.8, 4) is 0 Å². The van der Waals surface area contributed by atoms with Crippen molar-refractivity contribution < 1.29 is 9.90 Å². The largest absolute Gasteiger partial charge is 0.386 e. The minimum absolute atomic E-state index is 0.0950. The van der Waals surface area contributed by atoms with Crippen molar-refractivity contribution in [2.24, 2.45) is 11.8 Å². The van der Waals surface area contributed by atoms with E-state index in [9.17, 15) is 9.90 Å². The lowest BCUT2D eigenvalue weighted by atomic mass is 9.97. The Balaban J connectivity index is 2.09. The first-order valence-corrected chi connectivity index (χ1v) is 9.09. The van der Waals surface area contributed by atoms with Crippen molar-refractivity contribution in [3.05, 3.63) is 35.4 Å². The fraction of sp³-hybridized carbons (Fsp3) is 0.650. The summed E-state index contributed by atoms with van der Waals surface area (Å²) in [6.07, 6.45) is 1.74. The van der Waals surface area contributed by atoms with Crippen LogP contribution in [0.2, 0.25) is 0 Å². The molecule has 134 valence electrons. The molecule has 0 aliphatic carbocycles. The molecule has 4 heteroatoms. The molecule has 1 heterocycles. The van der Waals surface area contributed by atoms with Crippen LogP contribution in [0.1, 0.15) is 50.8 Å². The third-order valence-corrected chi connectivity index (χ3v) is 4.96. The van der Waals surface area contributed by atoms with Gasteiger partial charge < -0.3 is 15.3 Å². The van der Waals surface area contributed by atoms with Crippen molar-refractivity contribution >= 4 is 5.91 Å².